The number of hydrogen-bond donors (Lipinski definition) is 1. The summed E-state index contributed by atoms with van der Waals surface area (Å²) in [5, 5.41) is 3.45. The van der Waals surface area contributed by atoms with Crippen LogP contribution in [0.3, 0.4) is 0 Å². The standard InChI is InChI=1S/C33H32Cl2FN3O4S/c1-2-20-37-33(41)31(21-24-10-5-3-6-11-24)38(22-28-29(34)14-9-15-30(28)35)32(40)23-39(26-18-16-25(36)17-19-26)44(42,43)27-12-7-4-8-13-27/h3-19,31H,2,20-23H2,1H3,(H,37,41)/t31-/m1/s1. The number of halogens is 3. The van der Waals surface area contributed by atoms with Gasteiger partial charge in [0.25, 0.3) is 10.0 Å². The molecule has 4 rings (SSSR count). The predicted octanol–water partition coefficient (Wildman–Crippen LogP) is 6.49. The second-order valence-electron chi connectivity index (χ2n) is 10.0. The van der Waals surface area contributed by atoms with Gasteiger partial charge in [0.2, 0.25) is 11.8 Å². The van der Waals surface area contributed by atoms with Crippen LogP contribution >= 0.6 is 23.2 Å². The van der Waals surface area contributed by atoms with Gasteiger partial charge in [-0.05, 0) is 60.5 Å². The van der Waals surface area contributed by atoms with E-state index in [2.05, 4.69) is 5.32 Å². The van der Waals surface area contributed by atoms with E-state index in [-0.39, 0.29) is 33.6 Å². The topological polar surface area (TPSA) is 86.8 Å². The number of carbonyl (C=O) groups excluding carboxylic acids is 2. The monoisotopic (exact) mass is 655 g/mol. The summed E-state index contributed by atoms with van der Waals surface area (Å²) in [6.45, 7) is 1.44. The molecule has 0 fully saturated rings. The minimum atomic E-state index is -4.29. The van der Waals surface area contributed by atoms with Crippen molar-refractivity contribution in [2.75, 3.05) is 17.4 Å². The summed E-state index contributed by atoms with van der Waals surface area (Å²) < 4.78 is 42.6. The molecule has 2 amide bonds. The first-order valence-corrected chi connectivity index (χ1v) is 16.2. The maximum atomic E-state index is 14.4. The average Bonchev–Trinajstić information content (AvgIpc) is 3.03. The third-order valence-electron chi connectivity index (χ3n) is 6.94. The Balaban J connectivity index is 1.82. The van der Waals surface area contributed by atoms with Crippen LogP contribution in [0.25, 0.3) is 0 Å². The zero-order chi connectivity index (χ0) is 31.7. The van der Waals surface area contributed by atoms with Gasteiger partial charge >= 0.3 is 0 Å². The van der Waals surface area contributed by atoms with Gasteiger partial charge in [-0.1, -0.05) is 84.7 Å². The van der Waals surface area contributed by atoms with Gasteiger partial charge in [0, 0.05) is 35.1 Å². The maximum absolute atomic E-state index is 14.4. The highest BCUT2D eigenvalue weighted by atomic mass is 35.5. The molecule has 0 spiro atoms. The Morgan fingerprint density at radius 2 is 1.43 bits per heavy atom. The number of anilines is 1. The molecule has 0 saturated carbocycles. The molecule has 0 aliphatic carbocycles. The number of benzene rings is 4. The first-order chi connectivity index (χ1) is 21.1. The summed E-state index contributed by atoms with van der Waals surface area (Å²) in [4.78, 5) is 29.3. The molecular formula is C33H32Cl2FN3O4S. The molecule has 0 bridgehead atoms. The highest BCUT2D eigenvalue weighted by molar-refractivity contribution is 7.92. The van der Waals surface area contributed by atoms with Gasteiger partial charge in [0.15, 0.2) is 0 Å². The number of nitrogens with zero attached hydrogens (tertiary/aromatic N) is 2. The van der Waals surface area contributed by atoms with Crippen molar-refractivity contribution in [3.63, 3.8) is 0 Å². The van der Waals surface area contributed by atoms with Crippen LogP contribution in [0.1, 0.15) is 24.5 Å². The van der Waals surface area contributed by atoms with Crippen molar-refractivity contribution in [1.29, 1.82) is 0 Å². The summed E-state index contributed by atoms with van der Waals surface area (Å²) in [6, 6.07) is 25.5. The van der Waals surface area contributed by atoms with Gasteiger partial charge in [0.1, 0.15) is 18.4 Å². The summed E-state index contributed by atoms with van der Waals surface area (Å²) in [6.07, 6.45) is 0.813. The second kappa shape index (κ2) is 15.2. The third kappa shape index (κ3) is 8.16. The van der Waals surface area contributed by atoms with E-state index in [4.69, 9.17) is 23.2 Å². The number of sulfonamides is 1. The Kier molecular flexibility index (Phi) is 11.4. The first-order valence-electron chi connectivity index (χ1n) is 14.0. The van der Waals surface area contributed by atoms with E-state index < -0.39 is 40.2 Å². The Bertz CT molecular complexity index is 1650. The highest BCUT2D eigenvalue weighted by Crippen LogP contribution is 2.29. The zero-order valence-corrected chi connectivity index (χ0v) is 26.3. The minimum Gasteiger partial charge on any atom is -0.354 e. The number of carbonyl (C=O) groups is 2. The van der Waals surface area contributed by atoms with E-state index in [9.17, 15) is 22.4 Å². The quantitative estimate of drug-likeness (QED) is 0.178. The Labute approximate surface area is 267 Å². The minimum absolute atomic E-state index is 0.0562. The normalized spacial score (nSPS) is 11.9. The molecule has 0 aliphatic heterocycles. The fraction of sp³-hybridized carbons (Fsp3) is 0.212. The lowest BCUT2D eigenvalue weighted by atomic mass is 10.0. The lowest BCUT2D eigenvalue weighted by molar-refractivity contribution is -0.140. The number of nitrogens with one attached hydrogen (secondary N) is 1. The lowest BCUT2D eigenvalue weighted by Gasteiger charge is -2.34. The van der Waals surface area contributed by atoms with Crippen LogP contribution in [-0.2, 0) is 32.6 Å². The lowest BCUT2D eigenvalue weighted by Crippen LogP contribution is -2.53. The second-order valence-corrected chi connectivity index (χ2v) is 12.7. The Hall–Kier alpha value is -3.92. The van der Waals surface area contributed by atoms with E-state index in [1.807, 2.05) is 37.3 Å². The van der Waals surface area contributed by atoms with Gasteiger partial charge in [-0.25, -0.2) is 12.8 Å². The summed E-state index contributed by atoms with van der Waals surface area (Å²) in [5.41, 5.74) is 1.28. The Morgan fingerprint density at radius 3 is 2.02 bits per heavy atom. The van der Waals surface area contributed by atoms with Crippen molar-refractivity contribution in [1.82, 2.24) is 10.2 Å². The first kappa shape index (κ1) is 33.0. The third-order valence-corrected chi connectivity index (χ3v) is 9.43. The Morgan fingerprint density at radius 1 is 0.841 bits per heavy atom. The number of amides is 2. The zero-order valence-electron chi connectivity index (χ0n) is 24.0. The molecule has 11 heteroatoms. The van der Waals surface area contributed by atoms with Crippen LogP contribution in [0, 0.1) is 5.82 Å². The van der Waals surface area contributed by atoms with Crippen molar-refractivity contribution in [3.05, 3.63) is 130 Å². The van der Waals surface area contributed by atoms with Crippen molar-refractivity contribution in [3.8, 4) is 0 Å². The molecule has 4 aromatic carbocycles. The van der Waals surface area contributed by atoms with E-state index in [1.165, 1.54) is 29.2 Å². The van der Waals surface area contributed by atoms with Gasteiger partial charge in [-0.2, -0.15) is 0 Å². The number of hydrogen-bond acceptors (Lipinski definition) is 4. The fourth-order valence-electron chi connectivity index (χ4n) is 4.63. The van der Waals surface area contributed by atoms with Crippen molar-refractivity contribution in [2.45, 2.75) is 37.2 Å². The van der Waals surface area contributed by atoms with Crippen LogP contribution in [0.5, 0.6) is 0 Å². The van der Waals surface area contributed by atoms with Crippen molar-refractivity contribution in [2.24, 2.45) is 0 Å². The molecule has 1 atom stereocenters. The smallest absolute Gasteiger partial charge is 0.264 e. The molecule has 0 unspecified atom stereocenters. The van der Waals surface area contributed by atoms with Gasteiger partial charge < -0.3 is 10.2 Å². The number of rotatable bonds is 13. The predicted molar refractivity (Wildman–Crippen MR) is 172 cm³/mol. The molecule has 0 radical (unpaired) electrons. The van der Waals surface area contributed by atoms with Crippen LogP contribution in [0.4, 0.5) is 10.1 Å². The van der Waals surface area contributed by atoms with Crippen LogP contribution in [0.15, 0.2) is 108 Å². The van der Waals surface area contributed by atoms with Crippen molar-refractivity contribution < 1.29 is 22.4 Å². The van der Waals surface area contributed by atoms with Gasteiger partial charge in [0.05, 0.1) is 10.6 Å². The van der Waals surface area contributed by atoms with E-state index in [1.54, 1.807) is 36.4 Å². The molecule has 44 heavy (non-hydrogen) atoms. The summed E-state index contributed by atoms with van der Waals surface area (Å²) in [7, 11) is -4.29. The molecule has 4 aromatic rings. The summed E-state index contributed by atoms with van der Waals surface area (Å²) in [5.74, 6) is -1.66. The largest absolute Gasteiger partial charge is 0.354 e. The average molecular weight is 657 g/mol. The van der Waals surface area contributed by atoms with Gasteiger partial charge in [-0.15, -0.1) is 0 Å². The molecule has 0 aromatic heterocycles. The molecular weight excluding hydrogens is 624 g/mol. The fourth-order valence-corrected chi connectivity index (χ4v) is 6.58. The van der Waals surface area contributed by atoms with E-state index >= 15 is 0 Å². The van der Waals surface area contributed by atoms with Gasteiger partial charge in [-0.3, -0.25) is 13.9 Å². The highest BCUT2D eigenvalue weighted by Gasteiger charge is 2.35. The molecule has 230 valence electrons. The summed E-state index contributed by atoms with van der Waals surface area (Å²) >= 11 is 13.0. The van der Waals surface area contributed by atoms with Crippen LogP contribution in [-0.4, -0.2) is 44.3 Å². The van der Waals surface area contributed by atoms with Crippen LogP contribution in [0.2, 0.25) is 10.0 Å². The molecule has 7 nitrogen and oxygen atoms in total. The molecule has 0 saturated heterocycles. The molecule has 0 heterocycles. The van der Waals surface area contributed by atoms with E-state index in [0.29, 0.717) is 18.5 Å². The SMILES string of the molecule is CCCNC(=O)[C@@H](Cc1ccccc1)N(Cc1c(Cl)cccc1Cl)C(=O)CN(c1ccc(F)cc1)S(=O)(=O)c1ccccc1. The van der Waals surface area contributed by atoms with Crippen molar-refractivity contribution >= 4 is 50.7 Å². The molecule has 1 N–H and O–H groups in total. The molecule has 0 aliphatic rings. The maximum Gasteiger partial charge on any atom is 0.264 e. The van der Waals surface area contributed by atoms with E-state index in [0.717, 1.165) is 22.0 Å². The van der Waals surface area contributed by atoms with Crippen LogP contribution < -0.4 is 9.62 Å².